The lowest BCUT2D eigenvalue weighted by Gasteiger charge is -2.15. The minimum Gasteiger partial charge on any atom is -0.309 e. The molecule has 3 aromatic rings. The van der Waals surface area contributed by atoms with E-state index in [2.05, 4.69) is 20.6 Å². The Morgan fingerprint density at radius 1 is 1.22 bits per heavy atom. The largest absolute Gasteiger partial charge is 0.309 e. The summed E-state index contributed by atoms with van der Waals surface area (Å²) in [5.74, 6) is 0.0793. The zero-order valence-electron chi connectivity index (χ0n) is 12.5. The Morgan fingerprint density at radius 3 is 2.74 bits per heavy atom. The van der Waals surface area contributed by atoms with Crippen LogP contribution in [0.1, 0.15) is 19.4 Å². The van der Waals surface area contributed by atoms with Gasteiger partial charge >= 0.3 is 0 Å². The van der Waals surface area contributed by atoms with E-state index in [0.717, 1.165) is 4.68 Å². The molecule has 0 aliphatic rings. The summed E-state index contributed by atoms with van der Waals surface area (Å²) in [7, 11) is 0. The monoisotopic (exact) mass is 309 g/mol. The molecule has 0 unspecified atom stereocenters. The minimum absolute atomic E-state index is 0.335. The first-order valence-corrected chi connectivity index (χ1v) is 7.27. The van der Waals surface area contributed by atoms with Crippen molar-refractivity contribution in [2.24, 2.45) is 0 Å². The fraction of sp³-hybridized carbons (Fsp3) is 0.188. The van der Waals surface area contributed by atoms with E-state index in [1.54, 1.807) is 48.7 Å². The van der Waals surface area contributed by atoms with E-state index in [1.807, 2.05) is 6.92 Å². The van der Waals surface area contributed by atoms with Crippen LogP contribution in [0.3, 0.4) is 0 Å². The molecule has 0 spiro atoms. The van der Waals surface area contributed by atoms with Crippen LogP contribution in [-0.4, -0.2) is 25.9 Å². The van der Waals surface area contributed by atoms with Gasteiger partial charge in [0.2, 0.25) is 0 Å². The highest BCUT2D eigenvalue weighted by Crippen LogP contribution is 2.12. The average Bonchev–Trinajstić information content (AvgIpc) is 2.58. The quantitative estimate of drug-likeness (QED) is 0.793. The summed E-state index contributed by atoms with van der Waals surface area (Å²) >= 11 is 0. The minimum atomic E-state index is -0.749. The Labute approximate surface area is 132 Å². The van der Waals surface area contributed by atoms with Crippen LogP contribution in [0, 0.1) is 0 Å². The number of nitrogens with one attached hydrogen (secondary N) is 1. The number of nitrogens with zero attached hydrogens (tertiary/aromatic N) is 4. The predicted octanol–water partition coefficient (Wildman–Crippen LogP) is 1.78. The molecule has 0 saturated carbocycles. The average molecular weight is 309 g/mol. The number of fused-ring (bicyclic) bond motifs is 1. The normalized spacial score (nSPS) is 12.0. The Hall–Kier alpha value is -3.09. The maximum absolute atomic E-state index is 12.6. The SMILES string of the molecule is CC[C@H](C(=O)Nc1ccccn1)n1nnc2ccccc2c1=O. The Morgan fingerprint density at radius 2 is 2.00 bits per heavy atom. The van der Waals surface area contributed by atoms with Gasteiger partial charge in [-0.15, -0.1) is 5.10 Å². The van der Waals surface area contributed by atoms with Gasteiger partial charge in [-0.1, -0.05) is 30.3 Å². The van der Waals surface area contributed by atoms with Gasteiger partial charge in [-0.3, -0.25) is 9.59 Å². The molecule has 2 aromatic heterocycles. The Kier molecular flexibility index (Phi) is 4.09. The van der Waals surface area contributed by atoms with Crippen LogP contribution in [-0.2, 0) is 4.79 Å². The maximum atomic E-state index is 12.6. The molecule has 0 saturated heterocycles. The first-order chi connectivity index (χ1) is 11.2. The lowest BCUT2D eigenvalue weighted by Crippen LogP contribution is -2.35. The third kappa shape index (κ3) is 2.94. The molecule has 0 bridgehead atoms. The highest BCUT2D eigenvalue weighted by molar-refractivity contribution is 5.92. The summed E-state index contributed by atoms with van der Waals surface area (Å²) in [5.41, 5.74) is 0.173. The van der Waals surface area contributed by atoms with E-state index in [0.29, 0.717) is 23.1 Å². The summed E-state index contributed by atoms with van der Waals surface area (Å²) in [5, 5.41) is 11.1. The fourth-order valence-corrected chi connectivity index (χ4v) is 2.32. The lowest BCUT2D eigenvalue weighted by molar-refractivity contribution is -0.119. The zero-order valence-corrected chi connectivity index (χ0v) is 12.5. The molecule has 1 amide bonds. The van der Waals surface area contributed by atoms with Crippen molar-refractivity contribution in [3.8, 4) is 0 Å². The standard InChI is InChI=1S/C16H15N5O2/c1-2-13(15(22)18-14-9-5-6-10-17-14)21-16(23)11-7-3-4-8-12(11)19-20-21/h3-10,13H,2H2,1H3,(H,17,18,22)/t13-/m1/s1. The van der Waals surface area contributed by atoms with E-state index < -0.39 is 6.04 Å². The van der Waals surface area contributed by atoms with Gasteiger partial charge in [0, 0.05) is 6.20 Å². The first kappa shape index (κ1) is 14.8. The van der Waals surface area contributed by atoms with Crippen LogP contribution < -0.4 is 10.9 Å². The van der Waals surface area contributed by atoms with Crippen LogP contribution in [0.25, 0.3) is 10.9 Å². The Bertz CT molecular complexity index is 892. The number of anilines is 1. The Balaban J connectivity index is 1.96. The maximum Gasteiger partial charge on any atom is 0.278 e. The third-order valence-electron chi connectivity index (χ3n) is 3.49. The smallest absolute Gasteiger partial charge is 0.278 e. The van der Waals surface area contributed by atoms with Crippen molar-refractivity contribution < 1.29 is 4.79 Å². The number of aromatic nitrogens is 4. The van der Waals surface area contributed by atoms with Crippen LogP contribution in [0.5, 0.6) is 0 Å². The molecule has 1 N–H and O–H groups in total. The van der Waals surface area contributed by atoms with E-state index in [4.69, 9.17) is 0 Å². The fourth-order valence-electron chi connectivity index (χ4n) is 2.32. The zero-order chi connectivity index (χ0) is 16.2. The van der Waals surface area contributed by atoms with Crippen molar-refractivity contribution >= 4 is 22.6 Å². The van der Waals surface area contributed by atoms with Crippen molar-refractivity contribution in [3.05, 3.63) is 59.0 Å². The molecule has 23 heavy (non-hydrogen) atoms. The second-order valence-electron chi connectivity index (χ2n) is 4.98. The molecule has 0 aliphatic heterocycles. The second kappa shape index (κ2) is 6.35. The number of carbonyl (C=O) groups excluding carboxylic acids is 1. The number of carbonyl (C=O) groups is 1. The number of hydrogen-bond acceptors (Lipinski definition) is 5. The first-order valence-electron chi connectivity index (χ1n) is 7.27. The van der Waals surface area contributed by atoms with Crippen molar-refractivity contribution in [2.75, 3.05) is 5.32 Å². The van der Waals surface area contributed by atoms with Crippen LogP contribution in [0.4, 0.5) is 5.82 Å². The summed E-state index contributed by atoms with van der Waals surface area (Å²) in [6.45, 7) is 1.81. The molecule has 7 heteroatoms. The molecule has 1 atom stereocenters. The van der Waals surface area contributed by atoms with Crippen molar-refractivity contribution in [2.45, 2.75) is 19.4 Å². The van der Waals surface area contributed by atoms with Gasteiger partial charge in [0.15, 0.2) is 0 Å². The van der Waals surface area contributed by atoms with Gasteiger partial charge in [0.05, 0.1) is 5.39 Å². The molecule has 0 radical (unpaired) electrons. The molecular weight excluding hydrogens is 294 g/mol. The number of hydrogen-bond donors (Lipinski definition) is 1. The van der Waals surface area contributed by atoms with Gasteiger partial charge in [-0.25, -0.2) is 4.98 Å². The molecule has 1 aromatic carbocycles. The van der Waals surface area contributed by atoms with Gasteiger partial charge in [0.25, 0.3) is 11.5 Å². The highest BCUT2D eigenvalue weighted by atomic mass is 16.2. The van der Waals surface area contributed by atoms with E-state index in [9.17, 15) is 9.59 Å². The third-order valence-corrected chi connectivity index (χ3v) is 3.49. The molecule has 7 nitrogen and oxygen atoms in total. The predicted molar refractivity (Wildman–Crippen MR) is 86.0 cm³/mol. The van der Waals surface area contributed by atoms with Crippen molar-refractivity contribution in [1.29, 1.82) is 0 Å². The van der Waals surface area contributed by atoms with Gasteiger partial charge in [0.1, 0.15) is 17.4 Å². The molecule has 116 valence electrons. The van der Waals surface area contributed by atoms with E-state index in [-0.39, 0.29) is 11.5 Å². The molecule has 0 fully saturated rings. The summed E-state index contributed by atoms with van der Waals surface area (Å²) in [6.07, 6.45) is 1.99. The number of benzene rings is 1. The summed E-state index contributed by atoms with van der Waals surface area (Å²) < 4.78 is 1.13. The van der Waals surface area contributed by atoms with Crippen molar-refractivity contribution in [1.82, 2.24) is 20.0 Å². The van der Waals surface area contributed by atoms with Gasteiger partial charge < -0.3 is 5.32 Å². The van der Waals surface area contributed by atoms with Crippen LogP contribution in [0.15, 0.2) is 53.5 Å². The molecular formula is C16H15N5O2. The van der Waals surface area contributed by atoms with Gasteiger partial charge in [-0.05, 0) is 30.7 Å². The number of amides is 1. The van der Waals surface area contributed by atoms with Crippen molar-refractivity contribution in [3.63, 3.8) is 0 Å². The van der Waals surface area contributed by atoms with E-state index >= 15 is 0 Å². The van der Waals surface area contributed by atoms with Gasteiger partial charge in [-0.2, -0.15) is 4.68 Å². The lowest BCUT2D eigenvalue weighted by atomic mass is 10.2. The van der Waals surface area contributed by atoms with Crippen LogP contribution >= 0.6 is 0 Å². The topological polar surface area (TPSA) is 89.8 Å². The number of pyridine rings is 1. The van der Waals surface area contributed by atoms with E-state index in [1.165, 1.54) is 0 Å². The summed E-state index contributed by atoms with van der Waals surface area (Å²) in [6, 6.07) is 11.4. The van der Waals surface area contributed by atoms with Crippen LogP contribution in [0.2, 0.25) is 0 Å². The summed E-state index contributed by atoms with van der Waals surface area (Å²) in [4.78, 5) is 29.1. The highest BCUT2D eigenvalue weighted by Gasteiger charge is 2.22. The molecule has 2 heterocycles. The molecule has 0 aliphatic carbocycles. The number of rotatable bonds is 4. The molecule has 3 rings (SSSR count). The second-order valence-corrected chi connectivity index (χ2v) is 4.98.